The highest BCUT2D eigenvalue weighted by Gasteiger charge is 2.16. The van der Waals surface area contributed by atoms with Gasteiger partial charge in [0.05, 0.1) is 4.92 Å². The normalized spacial score (nSPS) is 10.0. The molecule has 0 radical (unpaired) electrons. The summed E-state index contributed by atoms with van der Waals surface area (Å²) < 4.78 is 5.23. The van der Waals surface area contributed by atoms with E-state index < -0.39 is 4.92 Å². The van der Waals surface area contributed by atoms with E-state index in [1.54, 1.807) is 24.1 Å². The Morgan fingerprint density at radius 1 is 1.42 bits per heavy atom. The highest BCUT2D eigenvalue weighted by molar-refractivity contribution is 5.77. The van der Waals surface area contributed by atoms with Gasteiger partial charge in [0.15, 0.2) is 12.4 Å². The van der Waals surface area contributed by atoms with Crippen molar-refractivity contribution >= 4 is 11.6 Å². The van der Waals surface area contributed by atoms with Gasteiger partial charge in [0.25, 0.3) is 5.91 Å². The van der Waals surface area contributed by atoms with Crippen LogP contribution >= 0.6 is 0 Å². The number of nitro benzene ring substituents is 1. The molecule has 0 aliphatic carbocycles. The van der Waals surface area contributed by atoms with Crippen LogP contribution in [0.4, 0.5) is 5.69 Å². The van der Waals surface area contributed by atoms with Crippen LogP contribution in [0, 0.1) is 10.1 Å². The molecule has 0 aliphatic rings. The molecule has 6 nitrogen and oxygen atoms in total. The summed E-state index contributed by atoms with van der Waals surface area (Å²) in [6, 6.07) is 6.02. The topological polar surface area (TPSA) is 72.7 Å². The van der Waals surface area contributed by atoms with Crippen LogP contribution in [0.3, 0.4) is 0 Å². The lowest BCUT2D eigenvalue weighted by Gasteiger charge is -2.16. The summed E-state index contributed by atoms with van der Waals surface area (Å²) in [7, 11) is 1.70. The lowest BCUT2D eigenvalue weighted by atomic mass is 10.3. The van der Waals surface area contributed by atoms with Crippen LogP contribution in [0.2, 0.25) is 0 Å². The maximum Gasteiger partial charge on any atom is 0.310 e. The minimum Gasteiger partial charge on any atom is -0.477 e. The summed E-state index contributed by atoms with van der Waals surface area (Å²) in [4.78, 5) is 23.5. The Labute approximate surface area is 112 Å². The Balaban J connectivity index is 2.57. The summed E-state index contributed by atoms with van der Waals surface area (Å²) in [5.41, 5.74) is -0.133. The number of para-hydroxylation sites is 2. The van der Waals surface area contributed by atoms with Crippen molar-refractivity contribution in [1.82, 2.24) is 4.90 Å². The van der Waals surface area contributed by atoms with Crippen molar-refractivity contribution in [3.63, 3.8) is 0 Å². The number of hydrogen-bond acceptors (Lipinski definition) is 4. The van der Waals surface area contributed by atoms with Gasteiger partial charge < -0.3 is 9.64 Å². The van der Waals surface area contributed by atoms with Crippen LogP contribution in [-0.4, -0.2) is 35.9 Å². The Morgan fingerprint density at radius 3 is 2.74 bits per heavy atom. The van der Waals surface area contributed by atoms with Crippen LogP contribution in [0.15, 0.2) is 24.3 Å². The summed E-state index contributed by atoms with van der Waals surface area (Å²) in [6.45, 7) is 2.52. The molecular formula is C13H18N2O4. The number of nitrogens with zero attached hydrogens (tertiary/aromatic N) is 2. The molecular weight excluding hydrogens is 248 g/mol. The first-order valence-corrected chi connectivity index (χ1v) is 6.16. The number of ether oxygens (including phenoxy) is 1. The minimum absolute atomic E-state index is 0.116. The monoisotopic (exact) mass is 266 g/mol. The minimum atomic E-state index is -0.527. The van der Waals surface area contributed by atoms with E-state index >= 15 is 0 Å². The maximum absolute atomic E-state index is 11.7. The summed E-state index contributed by atoms with van der Waals surface area (Å²) in [5.74, 6) is -0.0728. The molecule has 0 bridgehead atoms. The molecule has 1 rings (SSSR count). The van der Waals surface area contributed by atoms with E-state index in [4.69, 9.17) is 4.74 Å². The van der Waals surface area contributed by atoms with Crippen LogP contribution in [-0.2, 0) is 4.79 Å². The first-order chi connectivity index (χ1) is 9.06. The van der Waals surface area contributed by atoms with Crippen molar-refractivity contribution < 1.29 is 14.5 Å². The smallest absolute Gasteiger partial charge is 0.310 e. The number of hydrogen-bond donors (Lipinski definition) is 0. The van der Waals surface area contributed by atoms with Gasteiger partial charge in [-0.1, -0.05) is 25.5 Å². The molecule has 0 aliphatic heterocycles. The Bertz CT molecular complexity index is 448. The average molecular weight is 266 g/mol. The van der Waals surface area contributed by atoms with Gasteiger partial charge in [0.1, 0.15) is 0 Å². The molecule has 19 heavy (non-hydrogen) atoms. The fraction of sp³-hybridized carbons (Fsp3) is 0.462. The largest absolute Gasteiger partial charge is 0.477 e. The molecule has 0 N–H and O–H groups in total. The number of benzene rings is 1. The highest BCUT2D eigenvalue weighted by Crippen LogP contribution is 2.25. The van der Waals surface area contributed by atoms with E-state index in [0.717, 1.165) is 12.8 Å². The molecule has 1 amide bonds. The van der Waals surface area contributed by atoms with Crippen LogP contribution < -0.4 is 4.74 Å². The van der Waals surface area contributed by atoms with E-state index in [-0.39, 0.29) is 24.0 Å². The molecule has 0 fully saturated rings. The molecule has 1 aromatic carbocycles. The standard InChI is InChI=1S/C13H18N2O4/c1-3-4-9-14(2)13(16)10-19-12-8-6-5-7-11(12)15(17)18/h5-8H,3-4,9-10H2,1-2H3. The summed E-state index contributed by atoms with van der Waals surface area (Å²) >= 11 is 0. The maximum atomic E-state index is 11.7. The van der Waals surface area contributed by atoms with Gasteiger partial charge in [-0.25, -0.2) is 0 Å². The van der Waals surface area contributed by atoms with Gasteiger partial charge in [-0.3, -0.25) is 14.9 Å². The van der Waals surface area contributed by atoms with Crippen LogP contribution in [0.1, 0.15) is 19.8 Å². The number of amides is 1. The van der Waals surface area contributed by atoms with Gasteiger partial charge in [-0.2, -0.15) is 0 Å². The molecule has 0 spiro atoms. The second-order valence-corrected chi connectivity index (χ2v) is 4.18. The Kier molecular flexibility index (Phi) is 5.78. The quantitative estimate of drug-likeness (QED) is 0.560. The zero-order valence-electron chi connectivity index (χ0n) is 11.2. The molecule has 1 aromatic rings. The summed E-state index contributed by atoms with van der Waals surface area (Å²) in [6.07, 6.45) is 1.93. The van der Waals surface area contributed by atoms with Gasteiger partial charge in [0, 0.05) is 19.7 Å². The molecule has 0 unspecified atom stereocenters. The molecule has 0 aromatic heterocycles. The third-order valence-corrected chi connectivity index (χ3v) is 2.69. The lowest BCUT2D eigenvalue weighted by Crippen LogP contribution is -2.32. The molecule has 0 saturated carbocycles. The number of unbranched alkanes of at least 4 members (excludes halogenated alkanes) is 1. The van der Waals surface area contributed by atoms with Gasteiger partial charge in [-0.05, 0) is 12.5 Å². The zero-order valence-corrected chi connectivity index (χ0v) is 11.2. The second kappa shape index (κ2) is 7.35. The van der Waals surface area contributed by atoms with E-state index in [1.807, 2.05) is 6.92 Å². The third kappa shape index (κ3) is 4.57. The van der Waals surface area contributed by atoms with Crippen molar-refractivity contribution in [2.24, 2.45) is 0 Å². The van der Waals surface area contributed by atoms with Crippen LogP contribution in [0.5, 0.6) is 5.75 Å². The van der Waals surface area contributed by atoms with E-state index in [0.29, 0.717) is 6.54 Å². The highest BCUT2D eigenvalue weighted by atomic mass is 16.6. The Morgan fingerprint density at radius 2 is 2.11 bits per heavy atom. The Hall–Kier alpha value is -2.11. The number of carbonyl (C=O) groups is 1. The van der Waals surface area contributed by atoms with E-state index in [2.05, 4.69) is 0 Å². The second-order valence-electron chi connectivity index (χ2n) is 4.18. The lowest BCUT2D eigenvalue weighted by molar-refractivity contribution is -0.385. The molecule has 0 atom stereocenters. The number of nitro groups is 1. The third-order valence-electron chi connectivity index (χ3n) is 2.69. The predicted octanol–water partition coefficient (Wildman–Crippen LogP) is 2.23. The van der Waals surface area contributed by atoms with E-state index in [9.17, 15) is 14.9 Å². The van der Waals surface area contributed by atoms with Crippen molar-refractivity contribution in [2.45, 2.75) is 19.8 Å². The summed E-state index contributed by atoms with van der Waals surface area (Å²) in [5, 5.41) is 10.8. The molecule has 0 heterocycles. The fourth-order valence-electron chi connectivity index (χ4n) is 1.50. The van der Waals surface area contributed by atoms with Crippen molar-refractivity contribution in [3.8, 4) is 5.75 Å². The molecule has 0 saturated heterocycles. The first kappa shape index (κ1) is 14.9. The number of carbonyl (C=O) groups excluding carboxylic acids is 1. The number of rotatable bonds is 7. The molecule has 104 valence electrons. The van der Waals surface area contributed by atoms with Gasteiger partial charge in [0.2, 0.25) is 0 Å². The SMILES string of the molecule is CCCCN(C)C(=O)COc1ccccc1[N+](=O)[O-]. The van der Waals surface area contributed by atoms with E-state index in [1.165, 1.54) is 12.1 Å². The number of likely N-dealkylation sites (N-methyl/N-ethyl adjacent to an activating group) is 1. The van der Waals surface area contributed by atoms with Crippen LogP contribution in [0.25, 0.3) is 0 Å². The first-order valence-electron chi connectivity index (χ1n) is 6.16. The van der Waals surface area contributed by atoms with Crippen molar-refractivity contribution in [2.75, 3.05) is 20.2 Å². The zero-order chi connectivity index (χ0) is 14.3. The van der Waals surface area contributed by atoms with Crippen molar-refractivity contribution in [1.29, 1.82) is 0 Å². The van der Waals surface area contributed by atoms with Gasteiger partial charge >= 0.3 is 5.69 Å². The predicted molar refractivity (Wildman–Crippen MR) is 71.1 cm³/mol. The fourth-order valence-corrected chi connectivity index (χ4v) is 1.50. The average Bonchev–Trinajstić information content (AvgIpc) is 2.42. The van der Waals surface area contributed by atoms with Crippen molar-refractivity contribution in [3.05, 3.63) is 34.4 Å². The molecule has 6 heteroatoms. The van der Waals surface area contributed by atoms with Gasteiger partial charge in [-0.15, -0.1) is 0 Å².